The third kappa shape index (κ3) is 1.91. The summed E-state index contributed by atoms with van der Waals surface area (Å²) in [5.74, 6) is 2.22. The van der Waals surface area contributed by atoms with Crippen LogP contribution in [0.1, 0.15) is 30.8 Å². The molecule has 0 spiro atoms. The van der Waals surface area contributed by atoms with Crippen molar-refractivity contribution >= 4 is 16.5 Å². The molecule has 3 rings (SSSR count). The van der Waals surface area contributed by atoms with E-state index < -0.39 is 0 Å². The zero-order valence-corrected chi connectivity index (χ0v) is 10.7. The first-order valence-electron chi connectivity index (χ1n) is 5.71. The van der Waals surface area contributed by atoms with E-state index in [0.29, 0.717) is 11.0 Å². The second-order valence-corrected chi connectivity index (χ2v) is 5.62. The topological polar surface area (TPSA) is 64.7 Å². The van der Waals surface area contributed by atoms with Crippen LogP contribution in [0.5, 0.6) is 0 Å². The van der Waals surface area contributed by atoms with Crippen molar-refractivity contribution in [2.24, 2.45) is 5.92 Å². The van der Waals surface area contributed by atoms with E-state index in [1.807, 2.05) is 19.2 Å². The standard InChI is InChI=1S/C12H14N4S/c1-6-5-8(6)11-14-4-3-9(16-11)10-7(2)15-12(13)17-10/h3-4,6,8H,5H2,1-2H3,(H2,13,15)/t6-,8-/m1/s1. The summed E-state index contributed by atoms with van der Waals surface area (Å²) in [4.78, 5) is 14.3. The molecule has 17 heavy (non-hydrogen) atoms. The maximum atomic E-state index is 5.71. The van der Waals surface area contributed by atoms with Crippen LogP contribution >= 0.6 is 11.3 Å². The first-order valence-corrected chi connectivity index (χ1v) is 6.53. The Morgan fingerprint density at radius 2 is 2.18 bits per heavy atom. The van der Waals surface area contributed by atoms with Gasteiger partial charge >= 0.3 is 0 Å². The Morgan fingerprint density at radius 3 is 2.76 bits per heavy atom. The molecule has 4 nitrogen and oxygen atoms in total. The molecule has 2 atom stereocenters. The molecule has 5 heteroatoms. The van der Waals surface area contributed by atoms with Gasteiger partial charge in [0.25, 0.3) is 0 Å². The Hall–Kier alpha value is -1.49. The van der Waals surface area contributed by atoms with Crippen LogP contribution in [0.4, 0.5) is 5.13 Å². The van der Waals surface area contributed by atoms with E-state index in [9.17, 15) is 0 Å². The monoisotopic (exact) mass is 246 g/mol. The van der Waals surface area contributed by atoms with E-state index in [-0.39, 0.29) is 0 Å². The normalized spacial score (nSPS) is 22.7. The van der Waals surface area contributed by atoms with Crippen molar-refractivity contribution in [2.45, 2.75) is 26.2 Å². The maximum absolute atomic E-state index is 5.71. The molecule has 2 heterocycles. The predicted octanol–water partition coefficient (Wildman–Crippen LogP) is 2.61. The molecule has 2 aromatic heterocycles. The Kier molecular flexibility index (Phi) is 2.36. The molecule has 0 aromatic carbocycles. The second kappa shape index (κ2) is 3.77. The van der Waals surface area contributed by atoms with Gasteiger partial charge in [-0.25, -0.2) is 15.0 Å². The molecular formula is C12H14N4S. The summed E-state index contributed by atoms with van der Waals surface area (Å²) in [7, 11) is 0. The summed E-state index contributed by atoms with van der Waals surface area (Å²) >= 11 is 1.49. The number of rotatable bonds is 2. The van der Waals surface area contributed by atoms with Crippen molar-refractivity contribution in [3.05, 3.63) is 23.8 Å². The SMILES string of the molecule is Cc1nc(N)sc1-c1ccnc([C@@H]2C[C@H]2C)n1. The van der Waals surface area contributed by atoms with Gasteiger partial charge in [0.15, 0.2) is 5.13 Å². The van der Waals surface area contributed by atoms with Crippen molar-refractivity contribution in [1.82, 2.24) is 15.0 Å². The van der Waals surface area contributed by atoms with Gasteiger partial charge in [0.1, 0.15) is 5.82 Å². The molecule has 2 aromatic rings. The van der Waals surface area contributed by atoms with Crippen LogP contribution in [0.25, 0.3) is 10.6 Å². The van der Waals surface area contributed by atoms with E-state index in [4.69, 9.17) is 5.73 Å². The van der Waals surface area contributed by atoms with E-state index in [2.05, 4.69) is 21.9 Å². The second-order valence-electron chi connectivity index (χ2n) is 4.59. The van der Waals surface area contributed by atoms with Crippen LogP contribution in [0.15, 0.2) is 12.3 Å². The fourth-order valence-electron chi connectivity index (χ4n) is 2.02. The Labute approximate surface area is 104 Å². The quantitative estimate of drug-likeness (QED) is 0.884. The van der Waals surface area contributed by atoms with Gasteiger partial charge in [0.2, 0.25) is 0 Å². The first kappa shape index (κ1) is 10.7. The minimum absolute atomic E-state index is 0.542. The Balaban J connectivity index is 2.00. The Morgan fingerprint density at radius 1 is 1.41 bits per heavy atom. The number of aryl methyl sites for hydroxylation is 1. The fourth-order valence-corrected chi connectivity index (χ4v) is 2.82. The largest absolute Gasteiger partial charge is 0.375 e. The van der Waals surface area contributed by atoms with Gasteiger partial charge in [-0.15, -0.1) is 0 Å². The molecule has 0 bridgehead atoms. The molecule has 0 saturated heterocycles. The highest BCUT2D eigenvalue weighted by atomic mass is 32.1. The van der Waals surface area contributed by atoms with Gasteiger partial charge in [-0.3, -0.25) is 0 Å². The van der Waals surface area contributed by atoms with Gasteiger partial charge in [-0.05, 0) is 25.3 Å². The lowest BCUT2D eigenvalue weighted by Crippen LogP contribution is -1.94. The van der Waals surface area contributed by atoms with E-state index in [1.165, 1.54) is 17.8 Å². The van der Waals surface area contributed by atoms with Crippen molar-refractivity contribution in [1.29, 1.82) is 0 Å². The summed E-state index contributed by atoms with van der Waals surface area (Å²) in [5, 5.41) is 0.595. The number of nitrogens with zero attached hydrogens (tertiary/aromatic N) is 3. The maximum Gasteiger partial charge on any atom is 0.180 e. The number of nitrogen functional groups attached to an aromatic ring is 1. The highest BCUT2D eigenvalue weighted by molar-refractivity contribution is 7.18. The molecule has 0 unspecified atom stereocenters. The smallest absolute Gasteiger partial charge is 0.180 e. The van der Waals surface area contributed by atoms with Crippen LogP contribution in [-0.2, 0) is 0 Å². The number of hydrogen-bond donors (Lipinski definition) is 1. The van der Waals surface area contributed by atoms with Crippen molar-refractivity contribution < 1.29 is 0 Å². The number of aromatic nitrogens is 3. The number of nitrogens with two attached hydrogens (primary N) is 1. The van der Waals surface area contributed by atoms with Gasteiger partial charge in [0, 0.05) is 12.1 Å². The van der Waals surface area contributed by atoms with E-state index in [0.717, 1.165) is 28.0 Å². The fraction of sp³-hybridized carbons (Fsp3) is 0.417. The van der Waals surface area contributed by atoms with Crippen LogP contribution < -0.4 is 5.73 Å². The van der Waals surface area contributed by atoms with Crippen LogP contribution in [-0.4, -0.2) is 15.0 Å². The van der Waals surface area contributed by atoms with Gasteiger partial charge in [0.05, 0.1) is 16.3 Å². The average molecular weight is 246 g/mol. The highest BCUT2D eigenvalue weighted by Gasteiger charge is 2.36. The van der Waals surface area contributed by atoms with Crippen LogP contribution in [0.3, 0.4) is 0 Å². The number of hydrogen-bond acceptors (Lipinski definition) is 5. The zero-order valence-electron chi connectivity index (χ0n) is 9.84. The third-order valence-electron chi connectivity index (χ3n) is 3.16. The summed E-state index contributed by atoms with van der Waals surface area (Å²) in [6, 6.07) is 1.93. The van der Waals surface area contributed by atoms with E-state index in [1.54, 1.807) is 0 Å². The van der Waals surface area contributed by atoms with Gasteiger partial charge in [-0.2, -0.15) is 0 Å². The minimum Gasteiger partial charge on any atom is -0.375 e. The molecule has 0 aliphatic heterocycles. The molecule has 1 saturated carbocycles. The zero-order chi connectivity index (χ0) is 12.0. The first-order chi connectivity index (χ1) is 8.15. The molecule has 1 aliphatic carbocycles. The predicted molar refractivity (Wildman–Crippen MR) is 68.8 cm³/mol. The van der Waals surface area contributed by atoms with Crippen LogP contribution in [0.2, 0.25) is 0 Å². The summed E-state index contributed by atoms with van der Waals surface area (Å²) < 4.78 is 0. The van der Waals surface area contributed by atoms with Crippen LogP contribution in [0, 0.1) is 12.8 Å². The molecule has 1 fully saturated rings. The molecular weight excluding hydrogens is 232 g/mol. The minimum atomic E-state index is 0.542. The molecule has 88 valence electrons. The molecule has 0 amide bonds. The number of thiazole rings is 1. The third-order valence-corrected chi connectivity index (χ3v) is 4.17. The van der Waals surface area contributed by atoms with Gasteiger partial charge < -0.3 is 5.73 Å². The van der Waals surface area contributed by atoms with Crippen molar-refractivity contribution in [2.75, 3.05) is 5.73 Å². The Bertz CT molecular complexity index is 563. The molecule has 2 N–H and O–H groups in total. The molecule has 1 aliphatic rings. The van der Waals surface area contributed by atoms with Crippen molar-refractivity contribution in [3.8, 4) is 10.6 Å². The molecule has 0 radical (unpaired) electrons. The highest BCUT2D eigenvalue weighted by Crippen LogP contribution is 2.45. The number of anilines is 1. The average Bonchev–Trinajstić information content (AvgIpc) is 2.93. The lowest BCUT2D eigenvalue weighted by Gasteiger charge is -2.01. The van der Waals surface area contributed by atoms with Crippen molar-refractivity contribution in [3.63, 3.8) is 0 Å². The van der Waals surface area contributed by atoms with E-state index >= 15 is 0 Å². The summed E-state index contributed by atoms with van der Waals surface area (Å²) in [6.45, 7) is 4.19. The lowest BCUT2D eigenvalue weighted by molar-refractivity contribution is 0.844. The lowest BCUT2D eigenvalue weighted by atomic mass is 10.2. The summed E-state index contributed by atoms with van der Waals surface area (Å²) in [6.07, 6.45) is 3.03. The summed E-state index contributed by atoms with van der Waals surface area (Å²) in [5.41, 5.74) is 7.60. The van der Waals surface area contributed by atoms with Gasteiger partial charge in [-0.1, -0.05) is 18.3 Å².